The van der Waals surface area contributed by atoms with Crippen LogP contribution in [0, 0.1) is 0 Å². The quantitative estimate of drug-likeness (QED) is 0.676. The Balaban J connectivity index is 2.31. The minimum absolute atomic E-state index is 0.739. The Hall–Kier alpha value is 0.124. The molecule has 0 spiro atoms. The van der Waals surface area contributed by atoms with Crippen molar-refractivity contribution in [3.05, 3.63) is 45.0 Å². The molecule has 0 saturated heterocycles. The molecule has 0 nitrogen and oxygen atoms in total. The fourth-order valence-electron chi connectivity index (χ4n) is 2.03. The van der Waals surface area contributed by atoms with Gasteiger partial charge in [0.05, 0.1) is 0 Å². The van der Waals surface area contributed by atoms with E-state index in [1.165, 1.54) is 8.57 Å². The zero-order valence-electron chi connectivity index (χ0n) is 8.50. The van der Waals surface area contributed by atoms with Gasteiger partial charge in [0, 0.05) is 0 Å². The predicted octanol–water partition coefficient (Wildman–Crippen LogP) is 4.22. The molecule has 0 atom stereocenters. The van der Waals surface area contributed by atoms with Crippen molar-refractivity contribution in [2.24, 2.45) is 0 Å². The van der Waals surface area contributed by atoms with Gasteiger partial charge in [-0.3, -0.25) is 0 Å². The summed E-state index contributed by atoms with van der Waals surface area (Å²) in [5.41, 5.74) is 0. The van der Waals surface area contributed by atoms with Crippen LogP contribution >= 0.6 is 23.2 Å². The maximum atomic E-state index is 6.24. The average Bonchev–Trinajstić information content (AvgIpc) is 2.92. The molecule has 0 N–H and O–H groups in total. The minimum atomic E-state index is -2.13. The predicted molar refractivity (Wildman–Crippen MR) is 65.1 cm³/mol. The molecule has 0 unspecified atom stereocenters. The molecule has 0 radical (unpaired) electrons. The molecule has 81 valence electrons. The maximum absolute atomic E-state index is 6.24. The number of alkyl halides is 2. The first-order valence-electron chi connectivity index (χ1n) is 5.05. The van der Waals surface area contributed by atoms with Gasteiger partial charge in [-0.15, -0.1) is 0 Å². The van der Waals surface area contributed by atoms with Crippen molar-refractivity contribution in [3.8, 4) is 0 Å². The fraction of sp³-hybridized carbons (Fsp3) is 0.333. The van der Waals surface area contributed by atoms with Crippen LogP contribution in [0.1, 0.15) is 12.8 Å². The first-order valence-corrected chi connectivity index (χ1v) is 9.49. The van der Waals surface area contributed by atoms with Crippen LogP contribution in [0.5, 0.6) is 0 Å². The molecular weight excluding hydrogens is 266 g/mol. The van der Waals surface area contributed by atoms with Crippen LogP contribution in [0.4, 0.5) is 0 Å². The summed E-state index contributed by atoms with van der Waals surface area (Å²) >= 11 is 10.3. The van der Waals surface area contributed by atoms with Gasteiger partial charge in [-0.2, -0.15) is 0 Å². The summed E-state index contributed by atoms with van der Waals surface area (Å²) in [6.45, 7) is 0. The summed E-state index contributed by atoms with van der Waals surface area (Å²) < 4.78 is 4.52. The zero-order chi connectivity index (χ0) is 10.7. The van der Waals surface area contributed by atoms with Gasteiger partial charge in [0.2, 0.25) is 0 Å². The summed E-state index contributed by atoms with van der Waals surface area (Å²) in [6, 6.07) is 0. The SMILES string of the molecule is Cl[CH2][V]([CH2]Cl)([C]1=CC=CC1)[C]1=CC=CC1. The molecule has 0 bridgehead atoms. The third-order valence-corrected chi connectivity index (χ3v) is 12.1. The number of halogens is 2. The molecule has 2 aliphatic carbocycles. The first-order chi connectivity index (χ1) is 7.33. The molecular formula is C12H14Cl2V. The zero-order valence-corrected chi connectivity index (χ0v) is 11.4. The number of allylic oxidation sites excluding steroid dienone is 8. The third-order valence-electron chi connectivity index (χ3n) is 3.01. The summed E-state index contributed by atoms with van der Waals surface area (Å²) in [5, 5.41) is 0. The van der Waals surface area contributed by atoms with Crippen molar-refractivity contribution < 1.29 is 14.0 Å². The van der Waals surface area contributed by atoms with Crippen LogP contribution in [0.2, 0.25) is 0 Å². The number of hydrogen-bond donors (Lipinski definition) is 0. The van der Waals surface area contributed by atoms with Gasteiger partial charge < -0.3 is 0 Å². The Labute approximate surface area is 104 Å². The second-order valence-corrected chi connectivity index (χ2v) is 11.3. The monoisotopic (exact) mass is 279 g/mol. The van der Waals surface area contributed by atoms with E-state index in [-0.39, 0.29) is 0 Å². The van der Waals surface area contributed by atoms with Crippen molar-refractivity contribution in [1.82, 2.24) is 0 Å². The van der Waals surface area contributed by atoms with Crippen molar-refractivity contribution in [1.29, 1.82) is 0 Å². The van der Waals surface area contributed by atoms with Gasteiger partial charge >= 0.3 is 104 Å². The summed E-state index contributed by atoms with van der Waals surface area (Å²) in [7, 11) is 0. The molecule has 2 aliphatic rings. The van der Waals surface area contributed by atoms with E-state index in [0.717, 1.165) is 22.0 Å². The van der Waals surface area contributed by atoms with E-state index in [0.29, 0.717) is 0 Å². The van der Waals surface area contributed by atoms with Crippen LogP contribution in [-0.4, -0.2) is 9.18 Å². The Bertz CT molecular complexity index is 328. The van der Waals surface area contributed by atoms with E-state index in [1.807, 2.05) is 0 Å². The third kappa shape index (κ3) is 2.01. The summed E-state index contributed by atoms with van der Waals surface area (Å²) in [4.78, 5) is 0. The summed E-state index contributed by atoms with van der Waals surface area (Å²) in [6.07, 6.45) is 15.3. The van der Waals surface area contributed by atoms with E-state index in [1.54, 1.807) is 0 Å². The molecule has 0 aromatic carbocycles. The topological polar surface area (TPSA) is 0 Å². The molecule has 0 amide bonds. The molecule has 0 fully saturated rings. The van der Waals surface area contributed by atoms with Crippen molar-refractivity contribution in [3.63, 3.8) is 0 Å². The van der Waals surface area contributed by atoms with E-state index in [9.17, 15) is 0 Å². The van der Waals surface area contributed by atoms with Crippen LogP contribution in [0.15, 0.2) is 45.0 Å². The average molecular weight is 280 g/mol. The Morgan fingerprint density at radius 1 is 0.933 bits per heavy atom. The molecule has 0 heterocycles. The standard InChI is InChI=1S/2C5H5.2CH2Cl.V/c2*1-2-4-5-3-1;2*1-2;/h2*1-3H,4H2;2*1H2;. The second kappa shape index (κ2) is 4.97. The summed E-state index contributed by atoms with van der Waals surface area (Å²) in [5.74, 6) is 0. The van der Waals surface area contributed by atoms with E-state index in [2.05, 4.69) is 36.5 Å². The normalized spacial score (nSPS) is 19.6. The van der Waals surface area contributed by atoms with Gasteiger partial charge in [0.15, 0.2) is 0 Å². The van der Waals surface area contributed by atoms with Crippen LogP contribution in [0.25, 0.3) is 0 Å². The molecule has 15 heavy (non-hydrogen) atoms. The van der Waals surface area contributed by atoms with Gasteiger partial charge in [0.1, 0.15) is 0 Å². The van der Waals surface area contributed by atoms with Crippen LogP contribution < -0.4 is 0 Å². The molecule has 0 aromatic heterocycles. The molecule has 0 saturated carbocycles. The molecule has 0 aromatic rings. The van der Waals surface area contributed by atoms with Crippen LogP contribution in [0.3, 0.4) is 0 Å². The number of hydrogen-bond acceptors (Lipinski definition) is 0. The van der Waals surface area contributed by atoms with Gasteiger partial charge in [-0.05, 0) is 0 Å². The van der Waals surface area contributed by atoms with E-state index >= 15 is 0 Å². The fourth-order valence-corrected chi connectivity index (χ4v) is 9.83. The van der Waals surface area contributed by atoms with Crippen LogP contribution in [-0.2, 0) is 14.0 Å². The van der Waals surface area contributed by atoms with E-state index < -0.39 is 14.0 Å². The van der Waals surface area contributed by atoms with Crippen molar-refractivity contribution in [2.75, 3.05) is 9.18 Å². The van der Waals surface area contributed by atoms with E-state index in [4.69, 9.17) is 23.2 Å². The number of rotatable bonds is 4. The van der Waals surface area contributed by atoms with Crippen molar-refractivity contribution >= 4 is 23.2 Å². The van der Waals surface area contributed by atoms with Gasteiger partial charge in [-0.25, -0.2) is 0 Å². The van der Waals surface area contributed by atoms with Gasteiger partial charge in [-0.1, -0.05) is 0 Å². The van der Waals surface area contributed by atoms with Crippen molar-refractivity contribution in [2.45, 2.75) is 12.8 Å². The molecule has 3 heteroatoms. The van der Waals surface area contributed by atoms with Gasteiger partial charge in [0.25, 0.3) is 0 Å². The second-order valence-electron chi connectivity index (χ2n) is 3.79. The Morgan fingerprint density at radius 3 is 1.67 bits per heavy atom. The molecule has 0 aliphatic heterocycles. The Morgan fingerprint density at radius 2 is 1.40 bits per heavy atom. The first kappa shape index (κ1) is 11.6. The molecule has 2 rings (SSSR count). The Kier molecular flexibility index (Phi) is 3.85.